The number of anilines is 1. The fourth-order valence-corrected chi connectivity index (χ4v) is 2.14. The van der Waals surface area contributed by atoms with Crippen molar-refractivity contribution in [3.63, 3.8) is 0 Å². The molecular formula is C18H18F3NO2. The van der Waals surface area contributed by atoms with Crippen LogP contribution in [0.15, 0.2) is 48.5 Å². The predicted molar refractivity (Wildman–Crippen MR) is 86.7 cm³/mol. The first-order chi connectivity index (χ1) is 11.1. The molecule has 0 fully saturated rings. The Morgan fingerprint density at radius 3 is 2.08 bits per heavy atom. The molecule has 0 saturated carbocycles. The van der Waals surface area contributed by atoms with E-state index in [0.717, 1.165) is 6.07 Å². The summed E-state index contributed by atoms with van der Waals surface area (Å²) in [5.41, 5.74) is -0.378. The van der Waals surface area contributed by atoms with Crippen LogP contribution in [0.1, 0.15) is 26.3 Å². The molecule has 0 aromatic heterocycles. The molecule has 0 radical (unpaired) electrons. The number of carbonyl (C=O) groups excluding carboxylic acids is 1. The van der Waals surface area contributed by atoms with Crippen LogP contribution >= 0.6 is 0 Å². The molecule has 1 N–H and O–H groups in total. The van der Waals surface area contributed by atoms with Gasteiger partial charge in [-0.25, -0.2) is 4.79 Å². The van der Waals surface area contributed by atoms with Crippen molar-refractivity contribution in [3.8, 4) is 11.1 Å². The standard InChI is InChI=1S/C18H18F3NO2/c1-17(2,3)24-16(23)22-13-10-8-12(9-11-13)14-6-4-5-7-15(14)18(19,20)21/h4-11H,1-3H3,(H,22,23). The fourth-order valence-electron chi connectivity index (χ4n) is 2.14. The summed E-state index contributed by atoms with van der Waals surface area (Å²) in [6.45, 7) is 5.22. The number of ether oxygens (including phenoxy) is 1. The van der Waals surface area contributed by atoms with Crippen LogP contribution in [-0.4, -0.2) is 11.7 Å². The van der Waals surface area contributed by atoms with Gasteiger partial charge in [-0.2, -0.15) is 13.2 Å². The number of amides is 1. The zero-order chi connectivity index (χ0) is 18.0. The number of benzene rings is 2. The van der Waals surface area contributed by atoms with E-state index < -0.39 is 23.4 Å². The van der Waals surface area contributed by atoms with Gasteiger partial charge in [0.05, 0.1) is 5.56 Å². The normalized spacial score (nSPS) is 11.9. The van der Waals surface area contributed by atoms with Gasteiger partial charge in [-0.05, 0) is 50.1 Å². The molecule has 0 atom stereocenters. The molecule has 0 aliphatic rings. The van der Waals surface area contributed by atoms with Crippen molar-refractivity contribution in [2.45, 2.75) is 32.5 Å². The van der Waals surface area contributed by atoms with E-state index in [4.69, 9.17) is 4.74 Å². The van der Waals surface area contributed by atoms with E-state index in [0.29, 0.717) is 11.3 Å². The van der Waals surface area contributed by atoms with Crippen LogP contribution in [0.4, 0.5) is 23.7 Å². The molecule has 0 unspecified atom stereocenters. The van der Waals surface area contributed by atoms with Crippen molar-refractivity contribution in [3.05, 3.63) is 54.1 Å². The third-order valence-electron chi connectivity index (χ3n) is 3.07. The van der Waals surface area contributed by atoms with Gasteiger partial charge in [0.1, 0.15) is 5.60 Å². The van der Waals surface area contributed by atoms with E-state index in [9.17, 15) is 18.0 Å². The molecule has 2 aromatic rings. The van der Waals surface area contributed by atoms with Crippen LogP contribution in [0.5, 0.6) is 0 Å². The molecule has 0 aliphatic carbocycles. The first-order valence-electron chi connectivity index (χ1n) is 7.33. The van der Waals surface area contributed by atoms with Crippen LogP contribution in [-0.2, 0) is 10.9 Å². The molecule has 6 heteroatoms. The minimum absolute atomic E-state index is 0.0915. The second kappa shape index (κ2) is 6.55. The smallest absolute Gasteiger partial charge is 0.417 e. The Labute approximate surface area is 138 Å². The fraction of sp³-hybridized carbons (Fsp3) is 0.278. The Balaban J connectivity index is 2.21. The lowest BCUT2D eigenvalue weighted by atomic mass is 9.99. The molecule has 2 aromatic carbocycles. The molecule has 0 heterocycles. The molecular weight excluding hydrogens is 319 g/mol. The summed E-state index contributed by atoms with van der Waals surface area (Å²) in [6.07, 6.45) is -5.05. The average molecular weight is 337 g/mol. The Morgan fingerprint density at radius 2 is 1.54 bits per heavy atom. The maximum atomic E-state index is 13.1. The highest BCUT2D eigenvalue weighted by Gasteiger charge is 2.33. The minimum atomic E-state index is -4.43. The Morgan fingerprint density at radius 1 is 0.958 bits per heavy atom. The summed E-state index contributed by atoms with van der Waals surface area (Å²) in [7, 11) is 0. The number of nitrogens with one attached hydrogen (secondary N) is 1. The molecule has 0 spiro atoms. The number of hydrogen-bond donors (Lipinski definition) is 1. The lowest BCUT2D eigenvalue weighted by Gasteiger charge is -2.19. The first-order valence-corrected chi connectivity index (χ1v) is 7.33. The van der Waals surface area contributed by atoms with E-state index in [1.165, 1.54) is 36.4 Å². The van der Waals surface area contributed by atoms with Crippen LogP contribution in [0.2, 0.25) is 0 Å². The monoisotopic (exact) mass is 337 g/mol. The van der Waals surface area contributed by atoms with Gasteiger partial charge in [-0.1, -0.05) is 30.3 Å². The van der Waals surface area contributed by atoms with Gasteiger partial charge < -0.3 is 4.74 Å². The third-order valence-corrected chi connectivity index (χ3v) is 3.07. The highest BCUT2D eigenvalue weighted by molar-refractivity contribution is 5.85. The SMILES string of the molecule is CC(C)(C)OC(=O)Nc1ccc(-c2ccccc2C(F)(F)F)cc1. The number of hydrogen-bond acceptors (Lipinski definition) is 2. The number of halogens is 3. The van der Waals surface area contributed by atoms with Crippen molar-refractivity contribution >= 4 is 11.8 Å². The molecule has 0 saturated heterocycles. The van der Waals surface area contributed by atoms with E-state index in [1.807, 2.05) is 0 Å². The maximum absolute atomic E-state index is 13.1. The summed E-state index contributed by atoms with van der Waals surface area (Å²) in [6, 6.07) is 11.5. The van der Waals surface area contributed by atoms with Gasteiger partial charge in [0, 0.05) is 5.69 Å². The lowest BCUT2D eigenvalue weighted by Crippen LogP contribution is -2.27. The number of rotatable bonds is 2. The quantitative estimate of drug-likeness (QED) is 0.761. The molecule has 2 rings (SSSR count). The van der Waals surface area contributed by atoms with Crippen LogP contribution in [0.3, 0.4) is 0 Å². The molecule has 1 amide bonds. The van der Waals surface area contributed by atoms with E-state index in [1.54, 1.807) is 26.8 Å². The first kappa shape index (κ1) is 17.8. The van der Waals surface area contributed by atoms with Crippen molar-refractivity contribution in [1.82, 2.24) is 0 Å². The number of carbonyl (C=O) groups is 1. The van der Waals surface area contributed by atoms with Gasteiger partial charge in [0.15, 0.2) is 0 Å². The molecule has 0 bridgehead atoms. The van der Waals surface area contributed by atoms with Gasteiger partial charge in [-0.3, -0.25) is 5.32 Å². The molecule has 3 nitrogen and oxygen atoms in total. The topological polar surface area (TPSA) is 38.3 Å². The van der Waals surface area contributed by atoms with Gasteiger partial charge >= 0.3 is 12.3 Å². The predicted octanol–water partition coefficient (Wildman–Crippen LogP) is 5.72. The van der Waals surface area contributed by atoms with E-state index in [-0.39, 0.29) is 5.56 Å². The van der Waals surface area contributed by atoms with E-state index >= 15 is 0 Å². The lowest BCUT2D eigenvalue weighted by molar-refractivity contribution is -0.137. The maximum Gasteiger partial charge on any atom is 0.417 e. The summed E-state index contributed by atoms with van der Waals surface area (Å²) >= 11 is 0. The Bertz CT molecular complexity index is 716. The highest BCUT2D eigenvalue weighted by Crippen LogP contribution is 2.37. The van der Waals surface area contributed by atoms with E-state index in [2.05, 4.69) is 5.32 Å². The zero-order valence-electron chi connectivity index (χ0n) is 13.6. The minimum Gasteiger partial charge on any atom is -0.444 e. The van der Waals surface area contributed by atoms with Crippen LogP contribution in [0.25, 0.3) is 11.1 Å². The van der Waals surface area contributed by atoms with Gasteiger partial charge in [0.25, 0.3) is 0 Å². The van der Waals surface area contributed by atoms with Gasteiger partial charge in [0.2, 0.25) is 0 Å². The summed E-state index contributed by atoms with van der Waals surface area (Å²) in [4.78, 5) is 11.7. The summed E-state index contributed by atoms with van der Waals surface area (Å²) in [5.74, 6) is 0. The number of alkyl halides is 3. The molecule has 128 valence electrons. The molecule has 24 heavy (non-hydrogen) atoms. The van der Waals surface area contributed by atoms with Crippen molar-refractivity contribution in [2.24, 2.45) is 0 Å². The zero-order valence-corrected chi connectivity index (χ0v) is 13.6. The van der Waals surface area contributed by atoms with Crippen molar-refractivity contribution < 1.29 is 22.7 Å². The third kappa shape index (κ3) is 4.75. The Hall–Kier alpha value is -2.50. The molecule has 0 aliphatic heterocycles. The van der Waals surface area contributed by atoms with Crippen LogP contribution < -0.4 is 5.32 Å². The van der Waals surface area contributed by atoms with Crippen molar-refractivity contribution in [1.29, 1.82) is 0 Å². The second-order valence-electron chi connectivity index (χ2n) is 6.25. The van der Waals surface area contributed by atoms with Crippen molar-refractivity contribution in [2.75, 3.05) is 5.32 Å². The average Bonchev–Trinajstić information content (AvgIpc) is 2.45. The largest absolute Gasteiger partial charge is 0.444 e. The highest BCUT2D eigenvalue weighted by atomic mass is 19.4. The van der Waals surface area contributed by atoms with Crippen LogP contribution in [0, 0.1) is 0 Å². The van der Waals surface area contributed by atoms with Gasteiger partial charge in [-0.15, -0.1) is 0 Å². The summed E-state index contributed by atoms with van der Waals surface area (Å²) in [5, 5.41) is 2.54. The Kier molecular flexibility index (Phi) is 4.87. The summed E-state index contributed by atoms with van der Waals surface area (Å²) < 4.78 is 44.3. The second-order valence-corrected chi connectivity index (χ2v) is 6.25.